The van der Waals surface area contributed by atoms with Gasteiger partial charge < -0.3 is 9.84 Å². The van der Waals surface area contributed by atoms with Gasteiger partial charge in [-0.25, -0.2) is 0 Å². The predicted octanol–water partition coefficient (Wildman–Crippen LogP) is 3.08. The summed E-state index contributed by atoms with van der Waals surface area (Å²) < 4.78 is 5.31. The van der Waals surface area contributed by atoms with Gasteiger partial charge in [-0.15, -0.1) is 17.9 Å². The molecule has 0 radical (unpaired) electrons. The molecule has 1 rings (SSSR count). The Morgan fingerprint density at radius 3 is 2.70 bits per heavy atom. The summed E-state index contributed by atoms with van der Waals surface area (Å²) in [6.45, 7) is 13.5. The van der Waals surface area contributed by atoms with Crippen molar-refractivity contribution in [3.63, 3.8) is 0 Å². The van der Waals surface area contributed by atoms with Crippen LogP contribution in [0.25, 0.3) is 0 Å². The highest BCUT2D eigenvalue weighted by molar-refractivity contribution is 7.11. The first kappa shape index (κ1) is 17.4. The molecule has 0 saturated heterocycles. The van der Waals surface area contributed by atoms with Crippen molar-refractivity contribution < 1.29 is 9.84 Å². The maximum absolute atomic E-state index is 10.0. The molecule has 1 aromatic rings. The molecule has 1 unspecified atom stereocenters. The number of hydrogen-bond acceptors (Lipinski definition) is 4. The predicted molar refractivity (Wildman–Crippen MR) is 86.2 cm³/mol. The highest BCUT2D eigenvalue weighted by atomic mass is 32.1. The molecule has 0 fully saturated rings. The fourth-order valence-corrected chi connectivity index (χ4v) is 3.08. The summed E-state index contributed by atoms with van der Waals surface area (Å²) in [6.07, 6.45) is 1.25. The summed E-state index contributed by atoms with van der Waals surface area (Å²) in [7, 11) is 0. The second-order valence-corrected chi connectivity index (χ2v) is 6.95. The lowest BCUT2D eigenvalue weighted by Gasteiger charge is -2.26. The van der Waals surface area contributed by atoms with Gasteiger partial charge in [-0.3, -0.25) is 4.90 Å². The fourth-order valence-electron chi connectivity index (χ4n) is 2.15. The third-order valence-electron chi connectivity index (χ3n) is 2.81. The summed E-state index contributed by atoms with van der Waals surface area (Å²) in [5.74, 6) is 0.581. The number of hydrogen-bond donors (Lipinski definition) is 1. The number of aliphatic hydroxyl groups excluding tert-OH is 1. The van der Waals surface area contributed by atoms with E-state index in [1.807, 2.05) is 11.3 Å². The van der Waals surface area contributed by atoms with Crippen molar-refractivity contribution in [3.05, 3.63) is 34.5 Å². The van der Waals surface area contributed by atoms with E-state index in [9.17, 15) is 5.11 Å². The van der Waals surface area contributed by atoms with Crippen LogP contribution < -0.4 is 0 Å². The van der Waals surface area contributed by atoms with Crippen molar-refractivity contribution in [2.24, 2.45) is 5.92 Å². The molecule has 0 spiro atoms. The van der Waals surface area contributed by atoms with Crippen LogP contribution in [0.3, 0.4) is 0 Å². The van der Waals surface area contributed by atoms with E-state index >= 15 is 0 Å². The van der Waals surface area contributed by atoms with Crippen LogP contribution >= 0.6 is 11.3 Å². The van der Waals surface area contributed by atoms with Crippen molar-refractivity contribution in [2.45, 2.75) is 33.4 Å². The molecular formula is C16H27NO2S. The van der Waals surface area contributed by atoms with Crippen LogP contribution in [0.4, 0.5) is 0 Å². The van der Waals surface area contributed by atoms with Gasteiger partial charge in [-0.05, 0) is 25.0 Å². The zero-order valence-electron chi connectivity index (χ0n) is 12.8. The molecule has 3 nitrogen and oxygen atoms in total. The first-order valence-electron chi connectivity index (χ1n) is 7.15. The third-order valence-corrected chi connectivity index (χ3v) is 3.80. The average Bonchev–Trinajstić information content (AvgIpc) is 2.74. The quantitative estimate of drug-likeness (QED) is 0.532. The Morgan fingerprint density at radius 1 is 1.40 bits per heavy atom. The SMILES string of the molecule is C=CCOCC(O)CN(Cc1ccc(C)s1)CC(C)C. The van der Waals surface area contributed by atoms with E-state index in [4.69, 9.17) is 4.74 Å². The Bertz CT molecular complexity index is 390. The van der Waals surface area contributed by atoms with Crippen molar-refractivity contribution in [1.82, 2.24) is 4.90 Å². The Hall–Kier alpha value is -0.680. The molecule has 0 aliphatic heterocycles. The Balaban J connectivity index is 2.48. The van der Waals surface area contributed by atoms with Crippen molar-refractivity contribution in [3.8, 4) is 0 Å². The normalized spacial score (nSPS) is 13.1. The van der Waals surface area contributed by atoms with Gasteiger partial charge in [0.1, 0.15) is 0 Å². The molecule has 4 heteroatoms. The topological polar surface area (TPSA) is 32.7 Å². The third kappa shape index (κ3) is 7.20. The molecular weight excluding hydrogens is 270 g/mol. The number of aryl methyl sites for hydroxylation is 1. The maximum Gasteiger partial charge on any atom is 0.0900 e. The minimum absolute atomic E-state index is 0.365. The second-order valence-electron chi connectivity index (χ2n) is 5.58. The molecule has 0 aliphatic carbocycles. The van der Waals surface area contributed by atoms with Crippen LogP contribution in [0.1, 0.15) is 23.6 Å². The van der Waals surface area contributed by atoms with Gasteiger partial charge >= 0.3 is 0 Å². The van der Waals surface area contributed by atoms with Crippen molar-refractivity contribution >= 4 is 11.3 Å². The Kier molecular flexibility index (Phi) is 8.07. The van der Waals surface area contributed by atoms with Gasteiger partial charge in [0.25, 0.3) is 0 Å². The lowest BCUT2D eigenvalue weighted by molar-refractivity contribution is 0.0225. The highest BCUT2D eigenvalue weighted by Gasteiger charge is 2.14. The van der Waals surface area contributed by atoms with E-state index < -0.39 is 6.10 Å². The molecule has 0 bridgehead atoms. The first-order valence-corrected chi connectivity index (χ1v) is 7.97. The summed E-state index contributed by atoms with van der Waals surface area (Å²) >= 11 is 1.82. The van der Waals surface area contributed by atoms with Gasteiger partial charge in [0, 0.05) is 29.4 Å². The largest absolute Gasteiger partial charge is 0.389 e. The molecule has 1 aromatic heterocycles. The number of rotatable bonds is 10. The highest BCUT2D eigenvalue weighted by Crippen LogP contribution is 2.18. The van der Waals surface area contributed by atoms with Crippen LogP contribution in [0, 0.1) is 12.8 Å². The van der Waals surface area contributed by atoms with E-state index in [-0.39, 0.29) is 0 Å². The molecule has 20 heavy (non-hydrogen) atoms. The van der Waals surface area contributed by atoms with Crippen LogP contribution in [-0.4, -0.2) is 42.4 Å². The minimum Gasteiger partial charge on any atom is -0.389 e. The maximum atomic E-state index is 10.0. The summed E-state index contributed by atoms with van der Waals surface area (Å²) in [6, 6.07) is 4.32. The molecule has 1 atom stereocenters. The molecule has 0 aliphatic rings. The van der Waals surface area contributed by atoms with Crippen molar-refractivity contribution in [2.75, 3.05) is 26.3 Å². The Morgan fingerprint density at radius 2 is 2.15 bits per heavy atom. The molecule has 114 valence electrons. The van der Waals surface area contributed by atoms with E-state index in [1.54, 1.807) is 6.08 Å². The minimum atomic E-state index is -0.449. The fraction of sp³-hybridized carbons (Fsp3) is 0.625. The molecule has 1 N–H and O–H groups in total. The molecule has 1 heterocycles. The van der Waals surface area contributed by atoms with Crippen molar-refractivity contribution in [1.29, 1.82) is 0 Å². The molecule has 0 saturated carbocycles. The van der Waals surface area contributed by atoms with Crippen LogP contribution in [0.2, 0.25) is 0 Å². The average molecular weight is 297 g/mol. The van der Waals surface area contributed by atoms with Gasteiger partial charge in [0.15, 0.2) is 0 Å². The zero-order chi connectivity index (χ0) is 15.0. The summed E-state index contributed by atoms with van der Waals surface area (Å²) in [5.41, 5.74) is 0. The van der Waals surface area contributed by atoms with E-state index in [2.05, 4.69) is 44.4 Å². The number of aliphatic hydroxyl groups is 1. The smallest absolute Gasteiger partial charge is 0.0900 e. The van der Waals surface area contributed by atoms with Crippen LogP contribution in [0.5, 0.6) is 0 Å². The molecule has 0 amide bonds. The zero-order valence-corrected chi connectivity index (χ0v) is 13.7. The lowest BCUT2D eigenvalue weighted by Crippen LogP contribution is -2.36. The van der Waals surface area contributed by atoms with E-state index in [0.717, 1.165) is 13.1 Å². The monoisotopic (exact) mass is 297 g/mol. The van der Waals surface area contributed by atoms with Gasteiger partial charge in [0.05, 0.1) is 19.3 Å². The van der Waals surface area contributed by atoms with E-state index in [1.165, 1.54) is 9.75 Å². The summed E-state index contributed by atoms with van der Waals surface area (Å²) in [5, 5.41) is 10.0. The molecule has 0 aromatic carbocycles. The second kappa shape index (κ2) is 9.29. The first-order chi connectivity index (χ1) is 9.51. The lowest BCUT2D eigenvalue weighted by atomic mass is 10.2. The van der Waals surface area contributed by atoms with E-state index in [0.29, 0.717) is 25.7 Å². The van der Waals surface area contributed by atoms with Gasteiger partial charge in [0.2, 0.25) is 0 Å². The number of thiophene rings is 1. The Labute approximate surface area is 126 Å². The number of ether oxygens (including phenoxy) is 1. The van der Waals surface area contributed by atoms with Crippen LogP contribution in [0.15, 0.2) is 24.8 Å². The summed E-state index contributed by atoms with van der Waals surface area (Å²) in [4.78, 5) is 4.99. The van der Waals surface area contributed by atoms with Crippen LogP contribution in [-0.2, 0) is 11.3 Å². The number of nitrogens with zero attached hydrogens (tertiary/aromatic N) is 1. The van der Waals surface area contributed by atoms with Gasteiger partial charge in [-0.2, -0.15) is 0 Å². The standard InChI is InChI=1S/C16H27NO2S/c1-5-8-19-12-15(18)10-17(9-13(2)3)11-16-7-6-14(4)20-16/h5-7,13,15,18H,1,8-12H2,2-4H3. The van der Waals surface area contributed by atoms with Gasteiger partial charge in [-0.1, -0.05) is 19.9 Å².